The van der Waals surface area contributed by atoms with Gasteiger partial charge in [-0.25, -0.2) is 0 Å². The molecule has 3 aliphatic rings. The summed E-state index contributed by atoms with van der Waals surface area (Å²) in [6, 6.07) is 10.7. The van der Waals surface area contributed by atoms with Gasteiger partial charge in [-0.05, 0) is 24.3 Å². The molecule has 0 N–H and O–H groups in total. The maximum atomic E-state index is 13.4. The lowest BCUT2D eigenvalue weighted by molar-refractivity contribution is -0.141. The normalized spacial score (nSPS) is 27.1. The van der Waals surface area contributed by atoms with Gasteiger partial charge in [0.1, 0.15) is 5.54 Å². The maximum Gasteiger partial charge on any atom is 0.243 e. The van der Waals surface area contributed by atoms with E-state index in [0.717, 1.165) is 71.9 Å². The van der Waals surface area contributed by atoms with E-state index in [1.807, 2.05) is 0 Å². The SMILES string of the molecule is CC1CN(Cc2ccccc2)CCN(C(=O)C2(N3CCOCC3)CC2)C1. The number of benzene rings is 1. The van der Waals surface area contributed by atoms with Gasteiger partial charge in [-0.15, -0.1) is 0 Å². The summed E-state index contributed by atoms with van der Waals surface area (Å²) in [7, 11) is 0. The Morgan fingerprint density at radius 1 is 1.08 bits per heavy atom. The van der Waals surface area contributed by atoms with Crippen LogP contribution in [0, 0.1) is 5.92 Å². The van der Waals surface area contributed by atoms with Crippen LogP contribution < -0.4 is 0 Å². The van der Waals surface area contributed by atoms with Crippen LogP contribution in [0.5, 0.6) is 0 Å². The summed E-state index contributed by atoms with van der Waals surface area (Å²) in [4.78, 5) is 20.4. The van der Waals surface area contributed by atoms with Crippen LogP contribution in [-0.4, -0.2) is 78.6 Å². The molecular weight excluding hydrogens is 326 g/mol. The Bertz CT molecular complexity index is 611. The van der Waals surface area contributed by atoms with Crippen molar-refractivity contribution in [2.45, 2.75) is 31.8 Å². The van der Waals surface area contributed by atoms with E-state index >= 15 is 0 Å². The monoisotopic (exact) mass is 357 g/mol. The molecule has 0 aromatic heterocycles. The first-order valence-electron chi connectivity index (χ1n) is 10.1. The van der Waals surface area contributed by atoms with Crippen LogP contribution in [0.4, 0.5) is 0 Å². The predicted molar refractivity (Wildman–Crippen MR) is 102 cm³/mol. The first-order valence-corrected chi connectivity index (χ1v) is 10.1. The van der Waals surface area contributed by atoms with E-state index in [0.29, 0.717) is 11.8 Å². The molecule has 4 rings (SSSR count). The van der Waals surface area contributed by atoms with E-state index in [1.54, 1.807) is 0 Å². The minimum atomic E-state index is -0.210. The molecule has 1 saturated carbocycles. The number of amides is 1. The molecule has 0 spiro atoms. The van der Waals surface area contributed by atoms with Gasteiger partial charge in [-0.1, -0.05) is 37.3 Å². The van der Waals surface area contributed by atoms with E-state index < -0.39 is 0 Å². The first kappa shape index (κ1) is 18.0. The second-order valence-electron chi connectivity index (χ2n) is 8.21. The quantitative estimate of drug-likeness (QED) is 0.824. The van der Waals surface area contributed by atoms with Gasteiger partial charge in [0, 0.05) is 45.8 Å². The van der Waals surface area contributed by atoms with Crippen molar-refractivity contribution in [3.63, 3.8) is 0 Å². The molecule has 26 heavy (non-hydrogen) atoms. The second kappa shape index (κ2) is 7.67. The number of hydrogen-bond acceptors (Lipinski definition) is 4. The second-order valence-corrected chi connectivity index (χ2v) is 8.21. The molecule has 142 valence electrons. The molecule has 5 heteroatoms. The molecule has 2 aliphatic heterocycles. The van der Waals surface area contributed by atoms with E-state index in [-0.39, 0.29) is 5.54 Å². The van der Waals surface area contributed by atoms with E-state index in [9.17, 15) is 4.79 Å². The summed E-state index contributed by atoms with van der Waals surface area (Å²) in [5.74, 6) is 0.874. The average Bonchev–Trinajstić information content (AvgIpc) is 3.49. The van der Waals surface area contributed by atoms with Crippen LogP contribution in [0.2, 0.25) is 0 Å². The lowest BCUT2D eigenvalue weighted by atomic mass is 10.1. The fraction of sp³-hybridized carbons (Fsp3) is 0.667. The Morgan fingerprint density at radius 3 is 2.50 bits per heavy atom. The van der Waals surface area contributed by atoms with Crippen molar-refractivity contribution in [1.82, 2.24) is 14.7 Å². The summed E-state index contributed by atoms with van der Waals surface area (Å²) < 4.78 is 5.48. The smallest absolute Gasteiger partial charge is 0.243 e. The van der Waals surface area contributed by atoms with E-state index in [1.165, 1.54) is 5.56 Å². The fourth-order valence-corrected chi connectivity index (χ4v) is 4.56. The Hall–Kier alpha value is -1.43. The zero-order valence-corrected chi connectivity index (χ0v) is 15.9. The molecule has 1 unspecified atom stereocenters. The highest BCUT2D eigenvalue weighted by molar-refractivity contribution is 5.89. The molecule has 1 atom stereocenters. The third-order valence-electron chi connectivity index (χ3n) is 6.06. The van der Waals surface area contributed by atoms with Crippen LogP contribution in [0.25, 0.3) is 0 Å². The molecule has 3 fully saturated rings. The molecule has 2 heterocycles. The van der Waals surface area contributed by atoms with Crippen molar-refractivity contribution in [2.75, 3.05) is 52.5 Å². The van der Waals surface area contributed by atoms with Crippen LogP contribution in [-0.2, 0) is 16.1 Å². The third kappa shape index (κ3) is 3.80. The summed E-state index contributed by atoms with van der Waals surface area (Å²) in [5.41, 5.74) is 1.14. The van der Waals surface area contributed by atoms with Crippen molar-refractivity contribution >= 4 is 5.91 Å². The Kier molecular flexibility index (Phi) is 5.30. The van der Waals surface area contributed by atoms with Crippen molar-refractivity contribution in [2.24, 2.45) is 5.92 Å². The molecule has 5 nitrogen and oxygen atoms in total. The third-order valence-corrected chi connectivity index (χ3v) is 6.06. The Labute approximate surface area is 156 Å². The van der Waals surface area contributed by atoms with E-state index in [2.05, 4.69) is 52.0 Å². The summed E-state index contributed by atoms with van der Waals surface area (Å²) in [6.07, 6.45) is 2.04. The van der Waals surface area contributed by atoms with Gasteiger partial charge in [-0.3, -0.25) is 14.6 Å². The molecule has 1 aromatic rings. The van der Waals surface area contributed by atoms with Crippen LogP contribution >= 0.6 is 0 Å². The number of hydrogen-bond donors (Lipinski definition) is 0. The number of rotatable bonds is 4. The lowest BCUT2D eigenvalue weighted by Crippen LogP contribution is -2.55. The van der Waals surface area contributed by atoms with Gasteiger partial charge < -0.3 is 9.64 Å². The van der Waals surface area contributed by atoms with Crippen molar-refractivity contribution in [3.8, 4) is 0 Å². The van der Waals surface area contributed by atoms with Crippen molar-refractivity contribution < 1.29 is 9.53 Å². The van der Waals surface area contributed by atoms with E-state index in [4.69, 9.17) is 4.74 Å². The van der Waals surface area contributed by atoms with Crippen LogP contribution in [0.3, 0.4) is 0 Å². The number of morpholine rings is 1. The molecule has 2 saturated heterocycles. The minimum absolute atomic E-state index is 0.210. The molecule has 1 aliphatic carbocycles. The topological polar surface area (TPSA) is 36.0 Å². The van der Waals surface area contributed by atoms with Gasteiger partial charge >= 0.3 is 0 Å². The van der Waals surface area contributed by atoms with Gasteiger partial charge in [0.15, 0.2) is 0 Å². The highest BCUT2D eigenvalue weighted by Gasteiger charge is 2.56. The molecular formula is C21H31N3O2. The minimum Gasteiger partial charge on any atom is -0.379 e. The number of carbonyl (C=O) groups excluding carboxylic acids is 1. The van der Waals surface area contributed by atoms with Gasteiger partial charge in [0.2, 0.25) is 5.91 Å². The van der Waals surface area contributed by atoms with Crippen molar-refractivity contribution in [3.05, 3.63) is 35.9 Å². The van der Waals surface area contributed by atoms with Crippen LogP contribution in [0.15, 0.2) is 30.3 Å². The largest absolute Gasteiger partial charge is 0.379 e. The van der Waals surface area contributed by atoms with Gasteiger partial charge in [0.25, 0.3) is 0 Å². The predicted octanol–water partition coefficient (Wildman–Crippen LogP) is 1.83. The summed E-state index contributed by atoms with van der Waals surface area (Å²) >= 11 is 0. The zero-order chi connectivity index (χ0) is 18.0. The van der Waals surface area contributed by atoms with Gasteiger partial charge in [0.05, 0.1) is 13.2 Å². The molecule has 1 amide bonds. The summed E-state index contributed by atoms with van der Waals surface area (Å²) in [6.45, 7) is 10.3. The number of ether oxygens (including phenoxy) is 1. The Morgan fingerprint density at radius 2 is 1.81 bits per heavy atom. The maximum absolute atomic E-state index is 13.4. The standard InChI is InChI=1S/C21H31N3O2/c1-18-15-22(17-19-5-3-2-4-6-19)9-10-23(16-18)20(25)21(7-8-21)24-11-13-26-14-12-24/h2-6,18H,7-17H2,1H3. The van der Waals surface area contributed by atoms with Crippen LogP contribution in [0.1, 0.15) is 25.3 Å². The zero-order valence-electron chi connectivity index (χ0n) is 15.9. The first-order chi connectivity index (χ1) is 12.7. The highest BCUT2D eigenvalue weighted by Crippen LogP contribution is 2.44. The molecule has 0 radical (unpaired) electrons. The number of nitrogens with zero attached hydrogens (tertiary/aromatic N) is 3. The highest BCUT2D eigenvalue weighted by atomic mass is 16.5. The summed E-state index contributed by atoms with van der Waals surface area (Å²) in [5, 5.41) is 0. The Balaban J connectivity index is 1.39. The fourth-order valence-electron chi connectivity index (χ4n) is 4.56. The van der Waals surface area contributed by atoms with Gasteiger partial charge in [-0.2, -0.15) is 0 Å². The van der Waals surface area contributed by atoms with Crippen molar-refractivity contribution in [1.29, 1.82) is 0 Å². The average molecular weight is 357 g/mol. The number of carbonyl (C=O) groups is 1. The lowest BCUT2D eigenvalue weighted by Gasteiger charge is -2.37. The molecule has 0 bridgehead atoms. The molecule has 1 aromatic carbocycles.